The summed E-state index contributed by atoms with van der Waals surface area (Å²) >= 11 is 5.98. The molecular formula is C20H16ClN3O. The van der Waals surface area contributed by atoms with E-state index in [1.807, 2.05) is 67.6 Å². The fourth-order valence-corrected chi connectivity index (χ4v) is 2.82. The van der Waals surface area contributed by atoms with E-state index in [9.17, 15) is 0 Å². The Morgan fingerprint density at radius 1 is 0.960 bits per heavy atom. The van der Waals surface area contributed by atoms with E-state index in [1.54, 1.807) is 0 Å². The van der Waals surface area contributed by atoms with Crippen LogP contribution in [0.5, 0.6) is 0 Å². The number of anilines is 1. The monoisotopic (exact) mass is 349 g/mol. The average Bonchev–Trinajstić information content (AvgIpc) is 3.05. The number of hydrogen-bond donors (Lipinski definition) is 1. The van der Waals surface area contributed by atoms with Gasteiger partial charge in [-0.15, -0.1) is 0 Å². The molecule has 0 bridgehead atoms. The maximum absolute atomic E-state index is 5.98. The van der Waals surface area contributed by atoms with E-state index in [4.69, 9.17) is 21.0 Å². The quantitative estimate of drug-likeness (QED) is 0.531. The summed E-state index contributed by atoms with van der Waals surface area (Å²) in [6.07, 6.45) is 0. The van der Waals surface area contributed by atoms with Crippen molar-refractivity contribution in [3.63, 3.8) is 0 Å². The summed E-state index contributed by atoms with van der Waals surface area (Å²) in [4.78, 5) is 9.39. The number of hydrogen-bond acceptors (Lipinski definition) is 4. The molecule has 2 aromatic carbocycles. The van der Waals surface area contributed by atoms with Gasteiger partial charge in [-0.2, -0.15) is 0 Å². The largest absolute Gasteiger partial charge is 0.465 e. The number of nitrogens with zero attached hydrogens (tertiary/aromatic N) is 2. The van der Waals surface area contributed by atoms with E-state index in [-0.39, 0.29) is 0 Å². The van der Waals surface area contributed by atoms with Crippen molar-refractivity contribution in [2.75, 3.05) is 5.32 Å². The van der Waals surface area contributed by atoms with Gasteiger partial charge in [-0.25, -0.2) is 9.97 Å². The van der Waals surface area contributed by atoms with Crippen molar-refractivity contribution in [2.24, 2.45) is 0 Å². The van der Waals surface area contributed by atoms with Gasteiger partial charge in [-0.3, -0.25) is 0 Å². The Bertz CT molecular complexity index is 1020. The van der Waals surface area contributed by atoms with E-state index in [2.05, 4.69) is 10.3 Å². The molecule has 2 aromatic heterocycles. The van der Waals surface area contributed by atoms with Crippen LogP contribution in [0.15, 0.2) is 65.1 Å². The molecule has 0 atom stereocenters. The zero-order valence-electron chi connectivity index (χ0n) is 13.7. The third-order valence-electron chi connectivity index (χ3n) is 3.93. The van der Waals surface area contributed by atoms with Crippen molar-refractivity contribution in [1.82, 2.24) is 9.97 Å². The van der Waals surface area contributed by atoms with Crippen LogP contribution in [0.4, 0.5) is 5.82 Å². The van der Waals surface area contributed by atoms with Crippen molar-refractivity contribution in [2.45, 2.75) is 13.5 Å². The molecule has 4 rings (SSSR count). The Morgan fingerprint density at radius 3 is 2.52 bits per heavy atom. The molecule has 0 fully saturated rings. The molecule has 0 aliphatic rings. The summed E-state index contributed by atoms with van der Waals surface area (Å²) in [7, 11) is 0. The van der Waals surface area contributed by atoms with Gasteiger partial charge in [0.05, 0.1) is 12.1 Å². The molecule has 0 aliphatic heterocycles. The topological polar surface area (TPSA) is 51.0 Å². The number of nitrogens with one attached hydrogen (secondary N) is 1. The molecule has 0 amide bonds. The molecule has 2 heterocycles. The Hall–Kier alpha value is -2.85. The van der Waals surface area contributed by atoms with Crippen LogP contribution in [0.1, 0.15) is 11.5 Å². The first-order chi connectivity index (χ1) is 12.2. The van der Waals surface area contributed by atoms with Gasteiger partial charge in [0.25, 0.3) is 0 Å². The fraction of sp³-hybridized carbons (Fsp3) is 0.100. The van der Waals surface area contributed by atoms with Crippen LogP contribution < -0.4 is 5.32 Å². The van der Waals surface area contributed by atoms with Crippen LogP contribution in [0.2, 0.25) is 5.02 Å². The lowest BCUT2D eigenvalue weighted by molar-refractivity contribution is 0.490. The molecule has 0 unspecified atom stereocenters. The van der Waals surface area contributed by atoms with Crippen molar-refractivity contribution in [3.05, 3.63) is 77.2 Å². The summed E-state index contributed by atoms with van der Waals surface area (Å²) in [5.74, 6) is 3.21. The number of para-hydroxylation sites is 1. The van der Waals surface area contributed by atoms with Crippen molar-refractivity contribution < 1.29 is 4.42 Å². The van der Waals surface area contributed by atoms with Crippen molar-refractivity contribution in [1.29, 1.82) is 0 Å². The number of halogens is 1. The Balaban J connectivity index is 1.74. The number of benzene rings is 2. The summed E-state index contributed by atoms with van der Waals surface area (Å²) < 4.78 is 5.62. The van der Waals surface area contributed by atoms with E-state index in [1.165, 1.54) is 0 Å². The highest BCUT2D eigenvalue weighted by molar-refractivity contribution is 6.30. The lowest BCUT2D eigenvalue weighted by Gasteiger charge is -2.10. The summed E-state index contributed by atoms with van der Waals surface area (Å²) in [5.41, 5.74) is 1.81. The van der Waals surface area contributed by atoms with Gasteiger partial charge in [-0.1, -0.05) is 23.7 Å². The van der Waals surface area contributed by atoms with Crippen LogP contribution in [0.3, 0.4) is 0 Å². The van der Waals surface area contributed by atoms with E-state index in [0.29, 0.717) is 17.4 Å². The highest BCUT2D eigenvalue weighted by Crippen LogP contribution is 2.26. The molecule has 0 spiro atoms. The molecule has 0 saturated heterocycles. The maximum atomic E-state index is 5.98. The lowest BCUT2D eigenvalue weighted by atomic mass is 10.2. The summed E-state index contributed by atoms with van der Waals surface area (Å²) in [6.45, 7) is 2.50. The second-order valence-electron chi connectivity index (χ2n) is 5.79. The first-order valence-corrected chi connectivity index (χ1v) is 8.39. The smallest absolute Gasteiger partial charge is 0.162 e. The predicted molar refractivity (Wildman–Crippen MR) is 101 cm³/mol. The van der Waals surface area contributed by atoms with Crippen molar-refractivity contribution in [3.8, 4) is 11.4 Å². The van der Waals surface area contributed by atoms with Crippen LogP contribution in [0, 0.1) is 6.92 Å². The molecular weight excluding hydrogens is 334 g/mol. The molecule has 1 N–H and O–H groups in total. The minimum Gasteiger partial charge on any atom is -0.465 e. The first kappa shape index (κ1) is 15.7. The van der Waals surface area contributed by atoms with Gasteiger partial charge in [0.1, 0.15) is 17.3 Å². The van der Waals surface area contributed by atoms with Gasteiger partial charge < -0.3 is 9.73 Å². The van der Waals surface area contributed by atoms with E-state index >= 15 is 0 Å². The standard InChI is InChI=1S/C20H16ClN3O/c1-13-6-11-16(25-13)12-22-20-17-4-2-3-5-18(17)23-19(24-20)14-7-9-15(21)10-8-14/h2-11H,12H2,1H3,(H,22,23,24). The summed E-state index contributed by atoms with van der Waals surface area (Å²) in [5, 5.41) is 5.03. The third-order valence-corrected chi connectivity index (χ3v) is 4.18. The number of rotatable bonds is 4. The number of aryl methyl sites for hydroxylation is 1. The number of furan rings is 1. The van der Waals surface area contributed by atoms with Crippen LogP contribution in [0.25, 0.3) is 22.3 Å². The van der Waals surface area contributed by atoms with Gasteiger partial charge in [0.15, 0.2) is 5.82 Å². The normalized spacial score (nSPS) is 11.0. The van der Waals surface area contributed by atoms with Gasteiger partial charge >= 0.3 is 0 Å². The molecule has 4 nitrogen and oxygen atoms in total. The summed E-state index contributed by atoms with van der Waals surface area (Å²) in [6, 6.07) is 19.4. The minimum atomic E-state index is 0.564. The third kappa shape index (κ3) is 3.35. The lowest BCUT2D eigenvalue weighted by Crippen LogP contribution is -2.03. The molecule has 0 aliphatic carbocycles. The first-order valence-electron chi connectivity index (χ1n) is 8.01. The van der Waals surface area contributed by atoms with Gasteiger partial charge in [0.2, 0.25) is 0 Å². The molecule has 0 radical (unpaired) electrons. The number of fused-ring (bicyclic) bond motifs is 1. The minimum absolute atomic E-state index is 0.564. The zero-order valence-corrected chi connectivity index (χ0v) is 14.4. The second-order valence-corrected chi connectivity index (χ2v) is 6.22. The molecule has 4 aromatic rings. The Kier molecular flexibility index (Phi) is 4.12. The predicted octanol–water partition coefficient (Wildman–Crippen LogP) is 5.46. The van der Waals surface area contributed by atoms with Gasteiger partial charge in [0, 0.05) is 16.0 Å². The molecule has 124 valence electrons. The number of aromatic nitrogens is 2. The molecule has 0 saturated carbocycles. The van der Waals surface area contributed by atoms with Crippen LogP contribution >= 0.6 is 11.6 Å². The highest BCUT2D eigenvalue weighted by Gasteiger charge is 2.10. The van der Waals surface area contributed by atoms with Crippen LogP contribution in [-0.4, -0.2) is 9.97 Å². The van der Waals surface area contributed by atoms with Crippen LogP contribution in [-0.2, 0) is 6.54 Å². The Labute approximate surface area is 150 Å². The Morgan fingerprint density at radius 2 is 1.76 bits per heavy atom. The average molecular weight is 350 g/mol. The van der Waals surface area contributed by atoms with Crippen molar-refractivity contribution >= 4 is 28.3 Å². The highest BCUT2D eigenvalue weighted by atomic mass is 35.5. The second kappa shape index (κ2) is 6.57. The molecule has 25 heavy (non-hydrogen) atoms. The van der Waals surface area contributed by atoms with Gasteiger partial charge in [-0.05, 0) is 55.5 Å². The van der Waals surface area contributed by atoms with E-state index < -0.39 is 0 Å². The maximum Gasteiger partial charge on any atom is 0.162 e. The zero-order chi connectivity index (χ0) is 17.2. The van der Waals surface area contributed by atoms with E-state index in [0.717, 1.165) is 33.8 Å². The molecule has 5 heteroatoms. The SMILES string of the molecule is Cc1ccc(CNc2nc(-c3ccc(Cl)cc3)nc3ccccc23)o1. The fourth-order valence-electron chi connectivity index (χ4n) is 2.69.